The number of aromatic nitrogens is 1. The normalized spacial score (nSPS) is 10.1. The average Bonchev–Trinajstić information content (AvgIpc) is 2.56. The van der Waals surface area contributed by atoms with Crippen molar-refractivity contribution in [1.82, 2.24) is 4.57 Å². The van der Waals surface area contributed by atoms with Crippen molar-refractivity contribution in [1.29, 1.82) is 5.26 Å². The van der Waals surface area contributed by atoms with Gasteiger partial charge in [-0.25, -0.2) is 4.79 Å². The average molecular weight is 200 g/mol. The molecule has 0 bridgehead atoms. The van der Waals surface area contributed by atoms with Crippen molar-refractivity contribution in [3.05, 3.63) is 35.5 Å². The summed E-state index contributed by atoms with van der Waals surface area (Å²) >= 11 is 0. The van der Waals surface area contributed by atoms with Gasteiger partial charge in [-0.2, -0.15) is 5.26 Å². The Morgan fingerprint density at radius 1 is 1.53 bits per heavy atom. The van der Waals surface area contributed by atoms with Crippen LogP contribution in [-0.2, 0) is 7.05 Å². The number of hydrogen-bond acceptors (Lipinski definition) is 2. The summed E-state index contributed by atoms with van der Waals surface area (Å²) in [5.74, 6) is -1.01. The van der Waals surface area contributed by atoms with E-state index < -0.39 is 5.97 Å². The van der Waals surface area contributed by atoms with E-state index in [1.807, 2.05) is 6.07 Å². The number of rotatable bonds is 1. The molecule has 2 rings (SSSR count). The maximum Gasteiger partial charge on any atom is 0.337 e. The van der Waals surface area contributed by atoms with Crippen LogP contribution >= 0.6 is 0 Å². The second-order valence-corrected chi connectivity index (χ2v) is 3.27. The van der Waals surface area contributed by atoms with Crippen molar-refractivity contribution >= 4 is 16.9 Å². The molecule has 2 aromatic rings. The zero-order chi connectivity index (χ0) is 11.0. The van der Waals surface area contributed by atoms with E-state index in [-0.39, 0.29) is 5.56 Å². The van der Waals surface area contributed by atoms with E-state index in [0.717, 1.165) is 5.52 Å². The van der Waals surface area contributed by atoms with Gasteiger partial charge in [0.1, 0.15) is 0 Å². The predicted octanol–water partition coefficient (Wildman–Crippen LogP) is 1.75. The molecule has 0 atom stereocenters. The fourth-order valence-electron chi connectivity index (χ4n) is 1.70. The maximum atomic E-state index is 11.0. The van der Waals surface area contributed by atoms with E-state index >= 15 is 0 Å². The quantitative estimate of drug-likeness (QED) is 0.762. The molecule has 0 aliphatic heterocycles. The Bertz CT molecular complexity index is 590. The number of carboxylic acids is 1. The van der Waals surface area contributed by atoms with E-state index in [4.69, 9.17) is 10.4 Å². The molecule has 0 saturated heterocycles. The van der Waals surface area contributed by atoms with Crippen LogP contribution in [0.5, 0.6) is 0 Å². The minimum atomic E-state index is -1.01. The number of nitriles is 1. The second-order valence-electron chi connectivity index (χ2n) is 3.27. The van der Waals surface area contributed by atoms with Crippen LogP contribution in [0.15, 0.2) is 24.4 Å². The molecule has 0 aliphatic rings. The van der Waals surface area contributed by atoms with Gasteiger partial charge in [-0.15, -0.1) is 0 Å². The van der Waals surface area contributed by atoms with Gasteiger partial charge in [0.2, 0.25) is 0 Å². The smallest absolute Gasteiger partial charge is 0.337 e. The Labute approximate surface area is 86.0 Å². The summed E-state index contributed by atoms with van der Waals surface area (Å²) in [6.07, 6.45) is 1.52. The highest BCUT2D eigenvalue weighted by atomic mass is 16.4. The lowest BCUT2D eigenvalue weighted by Gasteiger charge is -1.96. The van der Waals surface area contributed by atoms with Gasteiger partial charge in [-0.3, -0.25) is 0 Å². The fraction of sp³-hybridized carbons (Fsp3) is 0.0909. The van der Waals surface area contributed by atoms with Gasteiger partial charge in [-0.1, -0.05) is 6.07 Å². The standard InChI is InChI=1S/C11H8N2O2/c1-13-6-8(11(14)15)10-7(5-12)3-2-4-9(10)13/h2-4,6H,1H3,(H,14,15). The minimum absolute atomic E-state index is 0.171. The summed E-state index contributed by atoms with van der Waals surface area (Å²) in [5.41, 5.74) is 1.32. The predicted molar refractivity (Wildman–Crippen MR) is 54.6 cm³/mol. The molecule has 0 saturated carbocycles. The Kier molecular flexibility index (Phi) is 1.94. The Balaban J connectivity index is 2.96. The molecule has 74 valence electrons. The zero-order valence-corrected chi connectivity index (χ0v) is 8.06. The number of fused-ring (bicyclic) bond motifs is 1. The third-order valence-corrected chi connectivity index (χ3v) is 2.37. The molecule has 1 aromatic heterocycles. The number of hydrogen-bond donors (Lipinski definition) is 1. The van der Waals surface area contributed by atoms with Gasteiger partial charge in [0.15, 0.2) is 0 Å². The highest BCUT2D eigenvalue weighted by Crippen LogP contribution is 2.23. The lowest BCUT2D eigenvalue weighted by atomic mass is 10.1. The van der Waals surface area contributed by atoms with E-state index in [1.165, 1.54) is 6.20 Å². The van der Waals surface area contributed by atoms with Gasteiger partial charge >= 0.3 is 5.97 Å². The molecule has 15 heavy (non-hydrogen) atoms. The largest absolute Gasteiger partial charge is 0.478 e. The number of aromatic carboxylic acids is 1. The van der Waals surface area contributed by atoms with Crippen LogP contribution in [0.3, 0.4) is 0 Å². The highest BCUT2D eigenvalue weighted by molar-refractivity contribution is 6.05. The number of carbonyl (C=O) groups is 1. The lowest BCUT2D eigenvalue weighted by Crippen LogP contribution is -1.95. The first-order chi connectivity index (χ1) is 7.15. The minimum Gasteiger partial charge on any atom is -0.478 e. The molecule has 0 radical (unpaired) electrons. The number of nitrogens with zero attached hydrogens (tertiary/aromatic N) is 2. The van der Waals surface area contributed by atoms with Crippen LogP contribution < -0.4 is 0 Å². The molecule has 0 amide bonds. The summed E-state index contributed by atoms with van der Waals surface area (Å²) in [4.78, 5) is 11.0. The van der Waals surface area contributed by atoms with Crippen molar-refractivity contribution < 1.29 is 9.90 Å². The summed E-state index contributed by atoms with van der Waals surface area (Å²) in [7, 11) is 1.76. The molecule has 0 unspecified atom stereocenters. The molecule has 1 aromatic carbocycles. The van der Waals surface area contributed by atoms with Crippen molar-refractivity contribution in [2.45, 2.75) is 0 Å². The SMILES string of the molecule is Cn1cc(C(=O)O)c2c(C#N)cccc21. The van der Waals surface area contributed by atoms with Crippen LogP contribution in [0.4, 0.5) is 0 Å². The Morgan fingerprint density at radius 2 is 2.27 bits per heavy atom. The Hall–Kier alpha value is -2.28. The summed E-state index contributed by atoms with van der Waals surface area (Å²) in [6.45, 7) is 0. The first-order valence-corrected chi connectivity index (χ1v) is 4.36. The fourth-order valence-corrected chi connectivity index (χ4v) is 1.70. The number of aryl methyl sites for hydroxylation is 1. The summed E-state index contributed by atoms with van der Waals surface area (Å²) in [6, 6.07) is 7.16. The van der Waals surface area contributed by atoms with Crippen molar-refractivity contribution in [2.75, 3.05) is 0 Å². The maximum absolute atomic E-state index is 11.0. The van der Waals surface area contributed by atoms with Gasteiger partial charge in [0.05, 0.1) is 17.2 Å². The first-order valence-electron chi connectivity index (χ1n) is 4.36. The van der Waals surface area contributed by atoms with E-state index in [2.05, 4.69) is 0 Å². The van der Waals surface area contributed by atoms with Crippen LogP contribution in [0.25, 0.3) is 10.9 Å². The molecule has 0 fully saturated rings. The summed E-state index contributed by atoms with van der Waals surface area (Å²) < 4.78 is 1.71. The van der Waals surface area contributed by atoms with Gasteiger partial charge in [0.25, 0.3) is 0 Å². The molecule has 4 heteroatoms. The topological polar surface area (TPSA) is 66.0 Å². The van der Waals surface area contributed by atoms with E-state index in [9.17, 15) is 4.79 Å². The summed E-state index contributed by atoms with van der Waals surface area (Å²) in [5, 5.41) is 18.4. The molecule has 1 N–H and O–H groups in total. The number of benzene rings is 1. The monoisotopic (exact) mass is 200 g/mol. The van der Waals surface area contributed by atoms with Gasteiger partial charge < -0.3 is 9.67 Å². The second kappa shape index (κ2) is 3.14. The third-order valence-electron chi connectivity index (χ3n) is 2.37. The molecule has 0 aliphatic carbocycles. The van der Waals surface area contributed by atoms with E-state index in [0.29, 0.717) is 10.9 Å². The first kappa shape index (κ1) is 9.28. The van der Waals surface area contributed by atoms with Crippen molar-refractivity contribution in [3.8, 4) is 6.07 Å². The Morgan fingerprint density at radius 3 is 2.87 bits per heavy atom. The van der Waals surface area contributed by atoms with Crippen LogP contribution in [0.1, 0.15) is 15.9 Å². The van der Waals surface area contributed by atoms with Gasteiger partial charge in [-0.05, 0) is 12.1 Å². The van der Waals surface area contributed by atoms with Crippen molar-refractivity contribution in [3.63, 3.8) is 0 Å². The lowest BCUT2D eigenvalue weighted by molar-refractivity contribution is 0.0699. The zero-order valence-electron chi connectivity index (χ0n) is 8.06. The van der Waals surface area contributed by atoms with Gasteiger partial charge in [0, 0.05) is 24.1 Å². The molecule has 1 heterocycles. The van der Waals surface area contributed by atoms with Crippen molar-refractivity contribution in [2.24, 2.45) is 7.05 Å². The van der Waals surface area contributed by atoms with Crippen LogP contribution in [0.2, 0.25) is 0 Å². The van der Waals surface area contributed by atoms with E-state index in [1.54, 1.807) is 29.8 Å². The highest BCUT2D eigenvalue weighted by Gasteiger charge is 2.15. The molecular formula is C11H8N2O2. The molecule has 0 spiro atoms. The number of carboxylic acid groups (broad SMARTS) is 1. The van der Waals surface area contributed by atoms with Crippen LogP contribution in [0, 0.1) is 11.3 Å². The molecular weight excluding hydrogens is 192 g/mol. The molecule has 4 nitrogen and oxygen atoms in total. The van der Waals surface area contributed by atoms with Crippen LogP contribution in [-0.4, -0.2) is 15.6 Å². The third kappa shape index (κ3) is 1.25.